The number of primary amides is 1. The van der Waals surface area contributed by atoms with E-state index < -0.39 is 21.8 Å². The molecule has 0 unspecified atom stereocenters. The topological polar surface area (TPSA) is 110 Å². The molecule has 0 radical (unpaired) electrons. The zero-order valence-corrected chi connectivity index (χ0v) is 16.9. The van der Waals surface area contributed by atoms with Gasteiger partial charge in [-0.3, -0.25) is 9.59 Å². The molecule has 0 aliphatic rings. The van der Waals surface area contributed by atoms with E-state index in [0.717, 1.165) is 12.8 Å². The molecule has 0 aliphatic carbocycles. The largest absolute Gasteiger partial charge is 0.366 e. The van der Waals surface area contributed by atoms with E-state index in [4.69, 9.17) is 5.73 Å². The van der Waals surface area contributed by atoms with Crippen LogP contribution >= 0.6 is 11.3 Å². The Labute approximate surface area is 163 Å². The van der Waals surface area contributed by atoms with E-state index >= 15 is 0 Å². The lowest BCUT2D eigenvalue weighted by Gasteiger charge is -2.20. The monoisotopic (exact) mass is 409 g/mol. The molecule has 2 rings (SSSR count). The summed E-state index contributed by atoms with van der Waals surface area (Å²) in [7, 11) is -3.59. The van der Waals surface area contributed by atoms with Crippen molar-refractivity contribution in [1.29, 1.82) is 0 Å². The first kappa shape index (κ1) is 21.1. The maximum atomic E-state index is 12.7. The van der Waals surface area contributed by atoms with E-state index in [1.54, 1.807) is 12.3 Å². The number of benzene rings is 1. The van der Waals surface area contributed by atoms with Crippen molar-refractivity contribution in [3.8, 4) is 0 Å². The third kappa shape index (κ3) is 4.94. The molecule has 0 aliphatic heterocycles. The highest BCUT2D eigenvalue weighted by molar-refractivity contribution is 7.89. The van der Waals surface area contributed by atoms with Crippen LogP contribution in [0.3, 0.4) is 0 Å². The van der Waals surface area contributed by atoms with Crippen molar-refractivity contribution in [2.45, 2.75) is 31.6 Å². The van der Waals surface area contributed by atoms with Gasteiger partial charge in [-0.05, 0) is 42.1 Å². The molecule has 2 aromatic rings. The lowest BCUT2D eigenvalue weighted by Crippen LogP contribution is -2.31. The number of amides is 2. The zero-order valence-electron chi connectivity index (χ0n) is 15.3. The summed E-state index contributed by atoms with van der Waals surface area (Å²) in [6, 6.07) is 7.28. The Hall–Kier alpha value is -2.23. The van der Waals surface area contributed by atoms with Gasteiger partial charge in [0.1, 0.15) is 5.00 Å². The SMILES string of the molecule is CCCCN(CC)S(=O)(=O)c1ccc(C(=O)Nc2sccc2C(N)=O)cc1. The van der Waals surface area contributed by atoms with Crippen LogP contribution in [0.25, 0.3) is 0 Å². The van der Waals surface area contributed by atoms with Gasteiger partial charge in [0, 0.05) is 18.7 Å². The van der Waals surface area contributed by atoms with Gasteiger partial charge in [0.25, 0.3) is 11.8 Å². The second-order valence-corrected chi connectivity index (χ2v) is 8.71. The van der Waals surface area contributed by atoms with E-state index in [2.05, 4.69) is 5.32 Å². The average Bonchev–Trinajstić information content (AvgIpc) is 3.10. The number of nitrogens with two attached hydrogens (primary N) is 1. The highest BCUT2D eigenvalue weighted by Crippen LogP contribution is 2.24. The smallest absolute Gasteiger partial charge is 0.256 e. The van der Waals surface area contributed by atoms with Gasteiger partial charge in [-0.15, -0.1) is 11.3 Å². The normalized spacial score (nSPS) is 11.5. The molecule has 0 saturated carbocycles. The van der Waals surface area contributed by atoms with Gasteiger partial charge in [-0.1, -0.05) is 20.3 Å². The van der Waals surface area contributed by atoms with E-state index in [1.165, 1.54) is 46.0 Å². The summed E-state index contributed by atoms with van der Waals surface area (Å²) >= 11 is 1.19. The van der Waals surface area contributed by atoms with Crippen molar-refractivity contribution in [3.05, 3.63) is 46.8 Å². The van der Waals surface area contributed by atoms with Crippen LogP contribution < -0.4 is 11.1 Å². The maximum Gasteiger partial charge on any atom is 0.256 e. The van der Waals surface area contributed by atoms with Crippen molar-refractivity contribution in [2.75, 3.05) is 18.4 Å². The Kier molecular flexibility index (Phi) is 7.11. The first-order valence-electron chi connectivity index (χ1n) is 8.60. The summed E-state index contributed by atoms with van der Waals surface area (Å²) < 4.78 is 26.8. The average molecular weight is 410 g/mol. The number of nitrogens with zero attached hydrogens (tertiary/aromatic N) is 1. The minimum absolute atomic E-state index is 0.144. The molecule has 1 aromatic carbocycles. The van der Waals surface area contributed by atoms with Crippen LogP contribution in [-0.4, -0.2) is 37.6 Å². The number of thiophene rings is 1. The number of hydrogen-bond donors (Lipinski definition) is 2. The van der Waals surface area contributed by atoms with Gasteiger partial charge in [0.05, 0.1) is 10.5 Å². The summed E-state index contributed by atoms with van der Waals surface area (Å²) in [4.78, 5) is 23.8. The highest BCUT2D eigenvalue weighted by Gasteiger charge is 2.23. The summed E-state index contributed by atoms with van der Waals surface area (Å²) in [5.74, 6) is -1.07. The molecular formula is C18H23N3O4S2. The van der Waals surface area contributed by atoms with Crippen LogP contribution in [0.15, 0.2) is 40.6 Å². The Morgan fingerprint density at radius 1 is 1.15 bits per heavy atom. The number of carbonyl (C=O) groups excluding carboxylic acids is 2. The van der Waals surface area contributed by atoms with E-state index in [-0.39, 0.29) is 16.0 Å². The second kappa shape index (κ2) is 9.12. The van der Waals surface area contributed by atoms with Crippen LogP contribution in [0.4, 0.5) is 5.00 Å². The fourth-order valence-corrected chi connectivity index (χ4v) is 4.76. The summed E-state index contributed by atoms with van der Waals surface area (Å²) in [6.07, 6.45) is 1.69. The molecule has 2 amide bonds. The third-order valence-corrected chi connectivity index (χ3v) is 6.84. The van der Waals surface area contributed by atoms with Crippen molar-refractivity contribution in [2.24, 2.45) is 5.73 Å². The lowest BCUT2D eigenvalue weighted by molar-refractivity contribution is 0.100. The Morgan fingerprint density at radius 2 is 1.81 bits per heavy atom. The molecule has 146 valence electrons. The molecule has 1 heterocycles. The van der Waals surface area contributed by atoms with Gasteiger partial charge < -0.3 is 11.1 Å². The van der Waals surface area contributed by atoms with Crippen molar-refractivity contribution < 1.29 is 18.0 Å². The summed E-state index contributed by atoms with van der Waals surface area (Å²) in [5.41, 5.74) is 5.79. The molecular weight excluding hydrogens is 386 g/mol. The predicted octanol–water partition coefficient (Wildman–Crippen LogP) is 2.91. The van der Waals surface area contributed by atoms with Crippen molar-refractivity contribution >= 4 is 38.2 Å². The first-order chi connectivity index (χ1) is 12.8. The number of rotatable bonds is 9. The van der Waals surface area contributed by atoms with Crippen LogP contribution in [0.5, 0.6) is 0 Å². The fourth-order valence-electron chi connectivity index (χ4n) is 2.49. The number of nitrogens with one attached hydrogen (secondary N) is 1. The van der Waals surface area contributed by atoms with Crippen molar-refractivity contribution in [3.63, 3.8) is 0 Å². The van der Waals surface area contributed by atoms with Gasteiger partial charge in [-0.25, -0.2) is 8.42 Å². The Balaban J connectivity index is 2.17. The molecule has 0 bridgehead atoms. The molecule has 0 atom stereocenters. The number of hydrogen-bond acceptors (Lipinski definition) is 5. The minimum atomic E-state index is -3.59. The van der Waals surface area contributed by atoms with E-state index in [9.17, 15) is 18.0 Å². The van der Waals surface area contributed by atoms with Gasteiger partial charge in [0.2, 0.25) is 10.0 Å². The molecule has 7 nitrogen and oxygen atoms in total. The predicted molar refractivity (Wildman–Crippen MR) is 107 cm³/mol. The Morgan fingerprint density at radius 3 is 2.37 bits per heavy atom. The lowest BCUT2D eigenvalue weighted by atomic mass is 10.2. The van der Waals surface area contributed by atoms with E-state index in [1.807, 2.05) is 6.92 Å². The van der Waals surface area contributed by atoms with Crippen LogP contribution in [0.2, 0.25) is 0 Å². The standard InChI is InChI=1S/C18H23N3O4S2/c1-3-5-11-21(4-2)27(24,25)14-8-6-13(7-9-14)17(23)20-18-15(16(19)22)10-12-26-18/h6-10,12H,3-5,11H2,1-2H3,(H2,19,22)(H,20,23). The van der Waals surface area contributed by atoms with E-state index in [0.29, 0.717) is 18.1 Å². The second-order valence-electron chi connectivity index (χ2n) is 5.86. The summed E-state index contributed by atoms with van der Waals surface area (Å²) in [6.45, 7) is 4.65. The molecule has 9 heteroatoms. The van der Waals surface area contributed by atoms with Crippen LogP contribution in [0, 0.1) is 0 Å². The van der Waals surface area contributed by atoms with Gasteiger partial charge >= 0.3 is 0 Å². The summed E-state index contributed by atoms with van der Waals surface area (Å²) in [5, 5.41) is 4.64. The number of anilines is 1. The quantitative estimate of drug-likeness (QED) is 0.663. The molecule has 27 heavy (non-hydrogen) atoms. The van der Waals surface area contributed by atoms with Crippen LogP contribution in [0.1, 0.15) is 47.4 Å². The van der Waals surface area contributed by atoms with Crippen LogP contribution in [-0.2, 0) is 10.0 Å². The molecule has 1 aromatic heterocycles. The number of unbranched alkanes of at least 4 members (excludes halogenated alkanes) is 1. The third-order valence-electron chi connectivity index (χ3n) is 4.03. The number of sulfonamides is 1. The molecule has 0 fully saturated rings. The van der Waals surface area contributed by atoms with Gasteiger partial charge in [-0.2, -0.15) is 4.31 Å². The zero-order chi connectivity index (χ0) is 20.0. The van der Waals surface area contributed by atoms with Crippen molar-refractivity contribution in [1.82, 2.24) is 4.31 Å². The molecule has 0 spiro atoms. The van der Waals surface area contributed by atoms with Gasteiger partial charge in [0.15, 0.2) is 0 Å². The molecule has 3 N–H and O–H groups in total. The number of carbonyl (C=O) groups is 2. The Bertz CT molecular complexity index is 905. The maximum absolute atomic E-state index is 12.7. The minimum Gasteiger partial charge on any atom is -0.366 e. The molecule has 0 saturated heterocycles. The first-order valence-corrected chi connectivity index (χ1v) is 10.9. The fraction of sp³-hybridized carbons (Fsp3) is 0.333. The highest BCUT2D eigenvalue weighted by atomic mass is 32.2.